The third-order valence-electron chi connectivity index (χ3n) is 1.89. The highest BCUT2D eigenvalue weighted by atomic mass is 16.5. The molecule has 0 aromatic heterocycles. The molecule has 0 radical (unpaired) electrons. The van der Waals surface area contributed by atoms with Gasteiger partial charge in [-0.15, -0.1) is 0 Å². The van der Waals surface area contributed by atoms with Gasteiger partial charge in [0.15, 0.2) is 0 Å². The van der Waals surface area contributed by atoms with Crippen LogP contribution in [-0.2, 0) is 23.9 Å². The minimum absolute atomic E-state index is 0.201. The Hall–Kier alpha value is -2.38. The van der Waals surface area contributed by atoms with E-state index >= 15 is 0 Å². The fraction of sp³-hybridized carbons (Fsp3) is 0.400. The lowest BCUT2D eigenvalue weighted by molar-refractivity contribution is -0.141. The van der Waals surface area contributed by atoms with Crippen LogP contribution in [-0.4, -0.2) is 43.1 Å². The van der Waals surface area contributed by atoms with E-state index in [1.807, 2.05) is 5.32 Å². The van der Waals surface area contributed by atoms with Gasteiger partial charge in [-0.3, -0.25) is 10.1 Å². The number of carbonyl (C=O) groups excluding carboxylic acids is 4. The minimum Gasteiger partial charge on any atom is -0.463 e. The summed E-state index contributed by atoms with van der Waals surface area (Å²) in [5.74, 6) is -2.04. The average molecular weight is 256 g/mol. The third-order valence-corrected chi connectivity index (χ3v) is 1.89. The molecular formula is C10H12N2O6. The summed E-state index contributed by atoms with van der Waals surface area (Å²) in [4.78, 5) is 43.8. The van der Waals surface area contributed by atoms with E-state index in [0.717, 1.165) is 12.2 Å². The van der Waals surface area contributed by atoms with E-state index in [9.17, 15) is 19.2 Å². The Kier molecular flexibility index (Phi) is 4.85. The molecule has 0 aliphatic carbocycles. The van der Waals surface area contributed by atoms with E-state index < -0.39 is 29.9 Å². The molecule has 0 spiro atoms. The van der Waals surface area contributed by atoms with Gasteiger partial charge < -0.3 is 14.8 Å². The molecule has 0 aromatic rings. The molecule has 2 N–H and O–H groups in total. The van der Waals surface area contributed by atoms with Crippen LogP contribution in [0.5, 0.6) is 0 Å². The standard InChI is InChI=1S/C10H12N2O6/c1-2-17-7(13)3-4-8(14)18-5-6-9(15)12-10(16)11-6/h3-4,6H,2,5H2,1H3,(H2,11,12,15,16)/b4-3+. The fourth-order valence-electron chi connectivity index (χ4n) is 1.12. The maximum absolute atomic E-state index is 11.1. The second kappa shape index (κ2) is 6.38. The molecule has 1 unspecified atom stereocenters. The SMILES string of the molecule is CCOC(=O)/C=C/C(=O)OCC1NC(=O)NC1=O. The molecule has 1 fully saturated rings. The summed E-state index contributed by atoms with van der Waals surface area (Å²) < 4.78 is 9.21. The molecular weight excluding hydrogens is 244 g/mol. The van der Waals surface area contributed by atoms with Crippen molar-refractivity contribution in [2.24, 2.45) is 0 Å². The Balaban J connectivity index is 2.31. The van der Waals surface area contributed by atoms with Gasteiger partial charge in [0, 0.05) is 12.2 Å². The number of urea groups is 1. The lowest BCUT2D eigenvalue weighted by Crippen LogP contribution is -2.34. The van der Waals surface area contributed by atoms with Gasteiger partial charge in [0.1, 0.15) is 12.6 Å². The van der Waals surface area contributed by atoms with E-state index in [1.54, 1.807) is 6.92 Å². The van der Waals surface area contributed by atoms with Crippen molar-refractivity contribution in [1.82, 2.24) is 10.6 Å². The smallest absolute Gasteiger partial charge is 0.331 e. The first-order valence-electron chi connectivity index (χ1n) is 5.16. The zero-order chi connectivity index (χ0) is 13.5. The van der Waals surface area contributed by atoms with Crippen LogP contribution >= 0.6 is 0 Å². The minimum atomic E-state index is -0.905. The van der Waals surface area contributed by atoms with Crippen molar-refractivity contribution in [1.29, 1.82) is 0 Å². The summed E-state index contributed by atoms with van der Waals surface area (Å²) >= 11 is 0. The summed E-state index contributed by atoms with van der Waals surface area (Å²) in [5, 5.41) is 4.24. The largest absolute Gasteiger partial charge is 0.463 e. The molecule has 3 amide bonds. The van der Waals surface area contributed by atoms with Crippen molar-refractivity contribution in [2.75, 3.05) is 13.2 Å². The highest BCUT2D eigenvalue weighted by Gasteiger charge is 2.30. The molecule has 0 aromatic carbocycles. The van der Waals surface area contributed by atoms with E-state index in [4.69, 9.17) is 0 Å². The van der Waals surface area contributed by atoms with Gasteiger partial charge in [-0.05, 0) is 6.92 Å². The number of esters is 2. The number of amides is 3. The quantitative estimate of drug-likeness (QED) is 0.365. The van der Waals surface area contributed by atoms with Gasteiger partial charge in [0.2, 0.25) is 0 Å². The van der Waals surface area contributed by atoms with Gasteiger partial charge in [-0.2, -0.15) is 0 Å². The number of ether oxygens (including phenoxy) is 2. The summed E-state index contributed by atoms with van der Waals surface area (Å²) in [5.41, 5.74) is 0. The monoisotopic (exact) mass is 256 g/mol. The molecule has 1 aliphatic heterocycles. The van der Waals surface area contributed by atoms with Gasteiger partial charge in [-0.25, -0.2) is 14.4 Å². The summed E-state index contributed by atoms with van der Waals surface area (Å²) in [6, 6.07) is -1.54. The third kappa shape index (κ3) is 4.24. The zero-order valence-electron chi connectivity index (χ0n) is 9.60. The predicted octanol–water partition coefficient (Wildman–Crippen LogP) is -1.14. The Morgan fingerprint density at radius 3 is 2.33 bits per heavy atom. The molecule has 1 atom stereocenters. The maximum Gasteiger partial charge on any atom is 0.331 e. The first-order valence-corrected chi connectivity index (χ1v) is 5.16. The Bertz CT molecular complexity index is 403. The summed E-state index contributed by atoms with van der Waals surface area (Å²) in [6.07, 6.45) is 1.80. The second-order valence-electron chi connectivity index (χ2n) is 3.23. The lowest BCUT2D eigenvalue weighted by Gasteiger charge is -2.06. The molecule has 0 bridgehead atoms. The van der Waals surface area contributed by atoms with Crippen LogP contribution in [0.2, 0.25) is 0 Å². The van der Waals surface area contributed by atoms with Crippen molar-refractivity contribution in [3.05, 3.63) is 12.2 Å². The van der Waals surface area contributed by atoms with Crippen molar-refractivity contribution in [3.63, 3.8) is 0 Å². The number of nitrogens with one attached hydrogen (secondary N) is 2. The molecule has 98 valence electrons. The van der Waals surface area contributed by atoms with Crippen molar-refractivity contribution in [2.45, 2.75) is 13.0 Å². The highest BCUT2D eigenvalue weighted by molar-refractivity contribution is 6.04. The lowest BCUT2D eigenvalue weighted by atomic mass is 10.3. The Morgan fingerprint density at radius 2 is 1.83 bits per heavy atom. The Morgan fingerprint density at radius 1 is 1.22 bits per heavy atom. The van der Waals surface area contributed by atoms with Crippen LogP contribution < -0.4 is 10.6 Å². The van der Waals surface area contributed by atoms with Crippen LogP contribution in [0.15, 0.2) is 12.2 Å². The number of imide groups is 1. The van der Waals surface area contributed by atoms with Crippen LogP contribution in [0, 0.1) is 0 Å². The first-order chi connectivity index (χ1) is 8.52. The van der Waals surface area contributed by atoms with E-state index in [1.165, 1.54) is 0 Å². The van der Waals surface area contributed by atoms with E-state index in [0.29, 0.717) is 0 Å². The van der Waals surface area contributed by atoms with Crippen molar-refractivity contribution in [3.8, 4) is 0 Å². The van der Waals surface area contributed by atoms with Gasteiger partial charge in [-0.1, -0.05) is 0 Å². The normalized spacial score (nSPS) is 18.4. The molecule has 1 saturated heterocycles. The van der Waals surface area contributed by atoms with Gasteiger partial charge in [0.25, 0.3) is 5.91 Å². The van der Waals surface area contributed by atoms with Gasteiger partial charge in [0.05, 0.1) is 6.61 Å². The number of rotatable bonds is 5. The van der Waals surface area contributed by atoms with Crippen LogP contribution in [0.4, 0.5) is 4.79 Å². The zero-order valence-corrected chi connectivity index (χ0v) is 9.60. The number of carbonyl (C=O) groups is 4. The van der Waals surface area contributed by atoms with E-state index in [-0.39, 0.29) is 13.2 Å². The summed E-state index contributed by atoms with van der Waals surface area (Å²) in [7, 11) is 0. The van der Waals surface area contributed by atoms with Gasteiger partial charge >= 0.3 is 18.0 Å². The molecule has 1 rings (SSSR count). The molecule has 1 heterocycles. The molecule has 8 heteroatoms. The highest BCUT2D eigenvalue weighted by Crippen LogP contribution is 1.95. The Labute approximate surface area is 102 Å². The molecule has 18 heavy (non-hydrogen) atoms. The number of hydrogen-bond donors (Lipinski definition) is 2. The maximum atomic E-state index is 11.1. The molecule has 0 saturated carbocycles. The van der Waals surface area contributed by atoms with Crippen LogP contribution in [0.25, 0.3) is 0 Å². The fourth-order valence-corrected chi connectivity index (χ4v) is 1.12. The van der Waals surface area contributed by atoms with Crippen LogP contribution in [0.1, 0.15) is 6.92 Å². The van der Waals surface area contributed by atoms with Crippen molar-refractivity contribution >= 4 is 23.9 Å². The van der Waals surface area contributed by atoms with E-state index in [2.05, 4.69) is 14.8 Å². The summed E-state index contributed by atoms with van der Waals surface area (Å²) in [6.45, 7) is 1.53. The topological polar surface area (TPSA) is 111 Å². The predicted molar refractivity (Wildman–Crippen MR) is 57.2 cm³/mol. The molecule has 8 nitrogen and oxygen atoms in total. The molecule has 1 aliphatic rings. The average Bonchev–Trinajstić information content (AvgIpc) is 2.63. The van der Waals surface area contributed by atoms with Crippen LogP contribution in [0.3, 0.4) is 0 Å². The number of hydrogen-bond acceptors (Lipinski definition) is 6. The second-order valence-corrected chi connectivity index (χ2v) is 3.23. The van der Waals surface area contributed by atoms with Crippen molar-refractivity contribution < 1.29 is 28.7 Å². The first kappa shape index (κ1) is 13.7.